The molecule has 116 valence electrons. The second-order valence-corrected chi connectivity index (χ2v) is 5.78. The van der Waals surface area contributed by atoms with Crippen molar-refractivity contribution in [3.63, 3.8) is 0 Å². The number of hydrogen-bond acceptors (Lipinski definition) is 2. The van der Waals surface area contributed by atoms with Crippen LogP contribution in [0.5, 0.6) is 0 Å². The van der Waals surface area contributed by atoms with Crippen molar-refractivity contribution in [3.8, 4) is 0 Å². The highest BCUT2D eigenvalue weighted by molar-refractivity contribution is 5.76. The van der Waals surface area contributed by atoms with Crippen LogP contribution >= 0.6 is 0 Å². The van der Waals surface area contributed by atoms with Crippen LogP contribution < -0.4 is 0 Å². The maximum atomic E-state index is 13.5. The molecule has 1 aromatic carbocycles. The molecule has 0 unspecified atom stereocenters. The third-order valence-corrected chi connectivity index (χ3v) is 4.27. The van der Waals surface area contributed by atoms with Gasteiger partial charge in [-0.1, -0.05) is 12.1 Å². The van der Waals surface area contributed by atoms with E-state index in [2.05, 4.69) is 5.10 Å². The number of carbonyl (C=O) groups excluding carboxylic acids is 1. The zero-order valence-corrected chi connectivity index (χ0v) is 12.7. The third-order valence-electron chi connectivity index (χ3n) is 4.27. The van der Waals surface area contributed by atoms with E-state index in [0.717, 1.165) is 37.1 Å². The Kier molecular flexibility index (Phi) is 4.22. The quantitative estimate of drug-likeness (QED) is 0.874. The lowest BCUT2D eigenvalue weighted by Crippen LogP contribution is -2.40. The molecule has 5 heteroatoms. The van der Waals surface area contributed by atoms with Gasteiger partial charge < -0.3 is 4.90 Å². The Hall–Kier alpha value is -2.17. The van der Waals surface area contributed by atoms with Gasteiger partial charge in [-0.05, 0) is 49.9 Å². The van der Waals surface area contributed by atoms with Crippen molar-refractivity contribution in [1.29, 1.82) is 0 Å². The van der Waals surface area contributed by atoms with Crippen LogP contribution in [0, 0.1) is 12.7 Å². The average molecular weight is 301 g/mol. The maximum absolute atomic E-state index is 13.5. The van der Waals surface area contributed by atoms with Crippen LogP contribution in [-0.4, -0.2) is 27.1 Å². The summed E-state index contributed by atoms with van der Waals surface area (Å²) in [5, 5.41) is 4.17. The fourth-order valence-electron chi connectivity index (χ4n) is 3.07. The standard InChI is InChI=1S/C17H20FN3O/c1-13-8-9-19-21(13)12-17(22)20-10-3-2-7-16(20)14-5-4-6-15(18)11-14/h4-6,8-9,11,16H,2-3,7,10,12H2,1H3/t16-/m0/s1. The van der Waals surface area contributed by atoms with Crippen LogP contribution in [-0.2, 0) is 11.3 Å². The lowest BCUT2D eigenvalue weighted by Gasteiger charge is -2.36. The van der Waals surface area contributed by atoms with Crippen LogP contribution in [0.15, 0.2) is 36.5 Å². The smallest absolute Gasteiger partial charge is 0.244 e. The second-order valence-electron chi connectivity index (χ2n) is 5.78. The SMILES string of the molecule is Cc1ccnn1CC(=O)N1CCCC[C@H]1c1cccc(F)c1. The Bertz CT molecular complexity index is 667. The number of aryl methyl sites for hydroxylation is 1. The summed E-state index contributed by atoms with van der Waals surface area (Å²) in [5.41, 5.74) is 1.85. The molecule has 0 spiro atoms. The van der Waals surface area contributed by atoms with Crippen molar-refractivity contribution in [2.24, 2.45) is 0 Å². The number of carbonyl (C=O) groups is 1. The van der Waals surface area contributed by atoms with E-state index >= 15 is 0 Å². The van der Waals surface area contributed by atoms with Gasteiger partial charge in [0.15, 0.2) is 0 Å². The summed E-state index contributed by atoms with van der Waals surface area (Å²) in [6, 6.07) is 8.43. The van der Waals surface area contributed by atoms with Crippen LogP contribution in [0.3, 0.4) is 0 Å². The largest absolute Gasteiger partial charge is 0.334 e. The molecule has 4 nitrogen and oxygen atoms in total. The number of rotatable bonds is 3. The van der Waals surface area contributed by atoms with Gasteiger partial charge in [0.25, 0.3) is 0 Å². The zero-order chi connectivity index (χ0) is 15.5. The summed E-state index contributed by atoms with van der Waals surface area (Å²) in [7, 11) is 0. The first-order valence-corrected chi connectivity index (χ1v) is 7.68. The predicted molar refractivity (Wildman–Crippen MR) is 81.7 cm³/mol. The van der Waals surface area contributed by atoms with E-state index in [1.807, 2.05) is 24.0 Å². The van der Waals surface area contributed by atoms with E-state index < -0.39 is 0 Å². The first-order valence-electron chi connectivity index (χ1n) is 7.68. The molecule has 1 saturated heterocycles. The van der Waals surface area contributed by atoms with Crippen molar-refractivity contribution in [2.45, 2.75) is 38.8 Å². The van der Waals surface area contributed by atoms with Crippen molar-refractivity contribution in [1.82, 2.24) is 14.7 Å². The van der Waals surface area contributed by atoms with E-state index in [-0.39, 0.29) is 24.3 Å². The van der Waals surface area contributed by atoms with Crippen molar-refractivity contribution in [3.05, 3.63) is 53.6 Å². The number of halogens is 1. The number of nitrogens with zero attached hydrogens (tertiary/aromatic N) is 3. The fraction of sp³-hybridized carbons (Fsp3) is 0.412. The van der Waals surface area contributed by atoms with Crippen molar-refractivity contribution >= 4 is 5.91 Å². The first-order chi connectivity index (χ1) is 10.6. The normalized spacial score (nSPS) is 18.5. The number of amides is 1. The van der Waals surface area contributed by atoms with Crippen LogP contribution in [0.2, 0.25) is 0 Å². The molecule has 1 aliphatic heterocycles. The van der Waals surface area contributed by atoms with Crippen molar-refractivity contribution < 1.29 is 9.18 Å². The molecule has 1 aliphatic rings. The third kappa shape index (κ3) is 3.03. The van der Waals surface area contributed by atoms with Gasteiger partial charge in [-0.3, -0.25) is 9.48 Å². The molecule has 0 radical (unpaired) electrons. The maximum Gasteiger partial charge on any atom is 0.244 e. The number of aromatic nitrogens is 2. The Morgan fingerprint density at radius 3 is 2.95 bits per heavy atom. The molecule has 0 N–H and O–H groups in total. The monoisotopic (exact) mass is 301 g/mol. The molecule has 0 bridgehead atoms. The van der Waals surface area contributed by atoms with E-state index in [0.29, 0.717) is 0 Å². The minimum Gasteiger partial charge on any atom is -0.334 e. The summed E-state index contributed by atoms with van der Waals surface area (Å²) >= 11 is 0. The minimum absolute atomic E-state index is 0.0344. The predicted octanol–water partition coefficient (Wildman–Crippen LogP) is 3.08. The highest BCUT2D eigenvalue weighted by Gasteiger charge is 2.28. The number of hydrogen-bond donors (Lipinski definition) is 0. The highest BCUT2D eigenvalue weighted by Crippen LogP contribution is 2.31. The summed E-state index contributed by atoms with van der Waals surface area (Å²) in [6.07, 6.45) is 4.64. The first kappa shape index (κ1) is 14.8. The molecule has 3 rings (SSSR count). The van der Waals surface area contributed by atoms with Gasteiger partial charge >= 0.3 is 0 Å². The minimum atomic E-state index is -0.251. The van der Waals surface area contributed by atoms with E-state index in [4.69, 9.17) is 0 Å². The molecular formula is C17H20FN3O. The van der Waals surface area contributed by atoms with E-state index in [1.165, 1.54) is 12.1 Å². The molecule has 0 aliphatic carbocycles. The Morgan fingerprint density at radius 1 is 1.36 bits per heavy atom. The van der Waals surface area contributed by atoms with Gasteiger partial charge in [-0.15, -0.1) is 0 Å². The Labute approximate surface area is 129 Å². The molecule has 22 heavy (non-hydrogen) atoms. The van der Waals surface area contributed by atoms with Crippen LogP contribution in [0.4, 0.5) is 4.39 Å². The summed E-state index contributed by atoms with van der Waals surface area (Å²) in [4.78, 5) is 14.5. The Morgan fingerprint density at radius 2 is 2.23 bits per heavy atom. The van der Waals surface area contributed by atoms with Gasteiger partial charge in [0, 0.05) is 18.4 Å². The highest BCUT2D eigenvalue weighted by atomic mass is 19.1. The molecule has 1 fully saturated rings. The second kappa shape index (κ2) is 6.30. The molecule has 2 heterocycles. The van der Waals surface area contributed by atoms with Gasteiger partial charge in [0.05, 0.1) is 6.04 Å². The average Bonchev–Trinajstić information content (AvgIpc) is 2.92. The van der Waals surface area contributed by atoms with Crippen molar-refractivity contribution in [2.75, 3.05) is 6.54 Å². The van der Waals surface area contributed by atoms with Gasteiger partial charge in [-0.2, -0.15) is 5.10 Å². The summed E-state index contributed by atoms with van der Waals surface area (Å²) < 4.78 is 15.2. The molecule has 0 saturated carbocycles. The van der Waals surface area contributed by atoms with Crippen LogP contribution in [0.25, 0.3) is 0 Å². The lowest BCUT2D eigenvalue weighted by molar-refractivity contribution is -0.136. The molecule has 2 aromatic rings. The molecule has 1 amide bonds. The Balaban J connectivity index is 1.80. The van der Waals surface area contributed by atoms with Gasteiger partial charge in [-0.25, -0.2) is 4.39 Å². The molecule has 1 aromatic heterocycles. The summed E-state index contributed by atoms with van der Waals surface area (Å²) in [5.74, 6) is -0.209. The number of benzene rings is 1. The lowest BCUT2D eigenvalue weighted by atomic mass is 9.95. The van der Waals surface area contributed by atoms with E-state index in [9.17, 15) is 9.18 Å². The topological polar surface area (TPSA) is 38.1 Å². The molecule has 1 atom stereocenters. The summed E-state index contributed by atoms with van der Waals surface area (Å²) in [6.45, 7) is 2.89. The number of likely N-dealkylation sites (tertiary alicyclic amines) is 1. The molecular weight excluding hydrogens is 281 g/mol. The fourth-order valence-corrected chi connectivity index (χ4v) is 3.07. The van der Waals surface area contributed by atoms with Crippen LogP contribution in [0.1, 0.15) is 36.6 Å². The zero-order valence-electron chi connectivity index (χ0n) is 12.7. The van der Waals surface area contributed by atoms with Gasteiger partial charge in [0.2, 0.25) is 5.91 Å². The number of piperidine rings is 1. The van der Waals surface area contributed by atoms with Gasteiger partial charge in [0.1, 0.15) is 12.4 Å². The van der Waals surface area contributed by atoms with E-state index in [1.54, 1.807) is 16.9 Å².